The number of benzene rings is 1. The first-order valence-electron chi connectivity index (χ1n) is 7.12. The maximum atomic E-state index is 6.22. The van der Waals surface area contributed by atoms with Crippen LogP contribution in [-0.4, -0.2) is 6.79 Å². The molecule has 2 aromatic rings. The number of hydrogen-bond acceptors (Lipinski definition) is 4. The highest BCUT2D eigenvalue weighted by atomic mass is 35.5. The van der Waals surface area contributed by atoms with E-state index in [0.717, 1.165) is 30.7 Å². The summed E-state index contributed by atoms with van der Waals surface area (Å²) < 4.78 is 10.7. The third-order valence-electron chi connectivity index (χ3n) is 3.50. The van der Waals surface area contributed by atoms with Gasteiger partial charge in [0.25, 0.3) is 0 Å². The third-order valence-corrected chi connectivity index (χ3v) is 4.77. The van der Waals surface area contributed by atoms with Gasteiger partial charge in [0.1, 0.15) is 0 Å². The summed E-state index contributed by atoms with van der Waals surface area (Å²) in [5.41, 5.74) is 1.11. The van der Waals surface area contributed by atoms with Gasteiger partial charge in [-0.1, -0.05) is 31.0 Å². The van der Waals surface area contributed by atoms with Crippen LogP contribution in [0.2, 0.25) is 5.02 Å². The van der Waals surface area contributed by atoms with Crippen LogP contribution in [0.1, 0.15) is 36.2 Å². The molecule has 3 nitrogen and oxygen atoms in total. The summed E-state index contributed by atoms with van der Waals surface area (Å²) >= 11 is 8.02. The van der Waals surface area contributed by atoms with Crippen LogP contribution >= 0.6 is 22.9 Å². The van der Waals surface area contributed by atoms with E-state index < -0.39 is 0 Å². The number of thiophene rings is 1. The zero-order valence-electron chi connectivity index (χ0n) is 11.9. The Labute approximate surface area is 133 Å². The molecule has 0 fully saturated rings. The van der Waals surface area contributed by atoms with Crippen molar-refractivity contribution in [2.75, 3.05) is 6.79 Å². The number of nitrogens with one attached hydrogen (secondary N) is 1. The molecule has 0 saturated heterocycles. The molecule has 0 aliphatic carbocycles. The molecule has 1 aromatic heterocycles. The van der Waals surface area contributed by atoms with Gasteiger partial charge in [-0.15, -0.1) is 11.3 Å². The maximum absolute atomic E-state index is 6.22. The Morgan fingerprint density at radius 3 is 3.05 bits per heavy atom. The lowest BCUT2D eigenvalue weighted by atomic mass is 10.1. The predicted octanol–water partition coefficient (Wildman–Crippen LogP) is 4.76. The predicted molar refractivity (Wildman–Crippen MR) is 86.4 cm³/mol. The highest BCUT2D eigenvalue weighted by molar-refractivity contribution is 7.10. The Hall–Kier alpha value is -1.23. The lowest BCUT2D eigenvalue weighted by molar-refractivity contribution is 0.174. The molecule has 1 atom stereocenters. The Balaban J connectivity index is 1.70. The molecule has 1 aliphatic rings. The third kappa shape index (κ3) is 3.34. The number of ether oxygens (including phenoxy) is 2. The number of hydrogen-bond donors (Lipinski definition) is 1. The van der Waals surface area contributed by atoms with Crippen LogP contribution in [0, 0.1) is 0 Å². The van der Waals surface area contributed by atoms with Crippen LogP contribution in [0.5, 0.6) is 11.5 Å². The van der Waals surface area contributed by atoms with Gasteiger partial charge in [0.15, 0.2) is 11.5 Å². The van der Waals surface area contributed by atoms with Crippen LogP contribution in [0.3, 0.4) is 0 Å². The van der Waals surface area contributed by atoms with Gasteiger partial charge in [-0.25, -0.2) is 0 Å². The van der Waals surface area contributed by atoms with E-state index in [-0.39, 0.29) is 6.79 Å². The van der Waals surface area contributed by atoms with Crippen molar-refractivity contribution in [3.8, 4) is 11.5 Å². The van der Waals surface area contributed by atoms with E-state index in [1.807, 2.05) is 12.1 Å². The summed E-state index contributed by atoms with van der Waals surface area (Å²) in [6.45, 7) is 3.22. The van der Waals surface area contributed by atoms with Crippen molar-refractivity contribution in [2.45, 2.75) is 32.4 Å². The standard InChI is InChI=1S/C16H18ClNO2S/c1-2-4-13(15-5-3-6-21-15)18-9-11-7-12(17)16-14(8-11)19-10-20-16/h3,5-8,13,18H,2,4,9-10H2,1H3. The van der Waals surface area contributed by atoms with Crippen molar-refractivity contribution in [2.24, 2.45) is 0 Å². The summed E-state index contributed by atoms with van der Waals surface area (Å²) in [4.78, 5) is 1.38. The monoisotopic (exact) mass is 323 g/mol. The molecular formula is C16H18ClNO2S. The average molecular weight is 324 g/mol. The molecule has 1 aromatic carbocycles. The van der Waals surface area contributed by atoms with Crippen molar-refractivity contribution >= 4 is 22.9 Å². The van der Waals surface area contributed by atoms with E-state index in [1.54, 1.807) is 11.3 Å². The molecule has 2 heterocycles. The van der Waals surface area contributed by atoms with Gasteiger partial charge in [-0.3, -0.25) is 0 Å². The second-order valence-corrected chi connectivity index (χ2v) is 6.44. The molecule has 1 unspecified atom stereocenters. The molecule has 0 saturated carbocycles. The van der Waals surface area contributed by atoms with Gasteiger partial charge >= 0.3 is 0 Å². The molecule has 1 aliphatic heterocycles. The minimum absolute atomic E-state index is 0.250. The van der Waals surface area contributed by atoms with E-state index in [9.17, 15) is 0 Å². The minimum atomic E-state index is 0.250. The summed E-state index contributed by atoms with van der Waals surface area (Å²) in [5.74, 6) is 1.39. The van der Waals surface area contributed by atoms with Crippen molar-refractivity contribution in [3.05, 3.63) is 45.1 Å². The second kappa shape index (κ2) is 6.69. The summed E-state index contributed by atoms with van der Waals surface area (Å²) in [5, 5.41) is 6.35. The number of rotatable bonds is 6. The van der Waals surface area contributed by atoms with E-state index in [4.69, 9.17) is 21.1 Å². The molecule has 0 spiro atoms. The van der Waals surface area contributed by atoms with Gasteiger partial charge < -0.3 is 14.8 Å². The largest absolute Gasteiger partial charge is 0.454 e. The Morgan fingerprint density at radius 2 is 2.29 bits per heavy atom. The molecule has 0 radical (unpaired) electrons. The Morgan fingerprint density at radius 1 is 1.38 bits per heavy atom. The molecule has 1 N–H and O–H groups in total. The lowest BCUT2D eigenvalue weighted by Crippen LogP contribution is -2.20. The van der Waals surface area contributed by atoms with Crippen LogP contribution in [0.4, 0.5) is 0 Å². The zero-order valence-corrected chi connectivity index (χ0v) is 13.5. The molecule has 0 bridgehead atoms. The zero-order chi connectivity index (χ0) is 14.7. The quantitative estimate of drug-likeness (QED) is 0.831. The lowest BCUT2D eigenvalue weighted by Gasteiger charge is -2.17. The highest BCUT2D eigenvalue weighted by Crippen LogP contribution is 2.39. The fourth-order valence-corrected chi connectivity index (χ4v) is 3.61. The first-order valence-corrected chi connectivity index (χ1v) is 8.38. The smallest absolute Gasteiger partial charge is 0.231 e. The van der Waals surface area contributed by atoms with Crippen molar-refractivity contribution < 1.29 is 9.47 Å². The van der Waals surface area contributed by atoms with Gasteiger partial charge in [-0.2, -0.15) is 0 Å². The van der Waals surface area contributed by atoms with E-state index in [1.165, 1.54) is 4.88 Å². The second-order valence-electron chi connectivity index (χ2n) is 5.05. The SMILES string of the molecule is CCCC(NCc1cc(Cl)c2c(c1)OCO2)c1cccs1. The summed E-state index contributed by atoms with van der Waals surface area (Å²) in [6.07, 6.45) is 2.27. The highest BCUT2D eigenvalue weighted by Gasteiger charge is 2.19. The molecule has 112 valence electrons. The van der Waals surface area contributed by atoms with Crippen molar-refractivity contribution in [3.63, 3.8) is 0 Å². The van der Waals surface area contributed by atoms with Gasteiger partial charge in [0, 0.05) is 17.5 Å². The summed E-state index contributed by atoms with van der Waals surface area (Å²) in [7, 11) is 0. The Kier molecular flexibility index (Phi) is 4.68. The first-order chi connectivity index (χ1) is 10.3. The molecule has 21 heavy (non-hydrogen) atoms. The summed E-state index contributed by atoms with van der Waals surface area (Å²) in [6, 6.07) is 8.61. The minimum Gasteiger partial charge on any atom is -0.454 e. The van der Waals surface area contributed by atoms with Crippen LogP contribution in [0.15, 0.2) is 29.6 Å². The van der Waals surface area contributed by atoms with Crippen molar-refractivity contribution in [1.29, 1.82) is 0 Å². The topological polar surface area (TPSA) is 30.5 Å². The van der Waals surface area contributed by atoms with E-state index >= 15 is 0 Å². The average Bonchev–Trinajstić information content (AvgIpc) is 3.14. The van der Waals surface area contributed by atoms with Crippen LogP contribution in [0.25, 0.3) is 0 Å². The van der Waals surface area contributed by atoms with Gasteiger partial charge in [0.05, 0.1) is 5.02 Å². The molecule has 0 amide bonds. The number of halogens is 1. The normalized spacial score (nSPS) is 14.4. The van der Waals surface area contributed by atoms with Gasteiger partial charge in [-0.05, 0) is 35.6 Å². The Bertz CT molecular complexity index is 601. The maximum Gasteiger partial charge on any atom is 0.231 e. The first kappa shape index (κ1) is 14.7. The van der Waals surface area contributed by atoms with Crippen LogP contribution < -0.4 is 14.8 Å². The van der Waals surface area contributed by atoms with E-state index in [0.29, 0.717) is 16.8 Å². The fraction of sp³-hybridized carbons (Fsp3) is 0.375. The van der Waals surface area contributed by atoms with Crippen LogP contribution in [-0.2, 0) is 6.54 Å². The molecule has 3 rings (SSSR count). The number of fused-ring (bicyclic) bond motifs is 1. The fourth-order valence-electron chi connectivity index (χ4n) is 2.49. The van der Waals surface area contributed by atoms with Crippen molar-refractivity contribution in [1.82, 2.24) is 5.32 Å². The van der Waals surface area contributed by atoms with Gasteiger partial charge in [0.2, 0.25) is 6.79 Å². The molecule has 5 heteroatoms. The van der Waals surface area contributed by atoms with E-state index in [2.05, 4.69) is 29.8 Å². The molecular weight excluding hydrogens is 306 g/mol.